The Hall–Kier alpha value is -2.41. The Morgan fingerprint density at radius 1 is 1.00 bits per heavy atom. The highest BCUT2D eigenvalue weighted by atomic mass is 16.4. The van der Waals surface area contributed by atoms with Gasteiger partial charge in [0.25, 0.3) is 0 Å². The van der Waals surface area contributed by atoms with Crippen molar-refractivity contribution in [2.24, 2.45) is 0 Å². The van der Waals surface area contributed by atoms with Gasteiger partial charge >= 0.3 is 11.9 Å². The van der Waals surface area contributed by atoms with Crippen molar-refractivity contribution in [3.63, 3.8) is 0 Å². The third-order valence-corrected chi connectivity index (χ3v) is 3.77. The van der Waals surface area contributed by atoms with Crippen LogP contribution in [0.3, 0.4) is 0 Å². The normalized spacial score (nSPS) is 13.0. The molecule has 0 unspecified atom stereocenters. The minimum absolute atomic E-state index is 0.142. The Morgan fingerprint density at radius 2 is 1.64 bits per heavy atom. The topological polar surface area (TPSA) is 116 Å². The number of nitrogens with one attached hydrogen (secondary N) is 2. The highest BCUT2D eigenvalue weighted by molar-refractivity contribution is 5.87. The summed E-state index contributed by atoms with van der Waals surface area (Å²) in [5, 5.41) is 23.7. The van der Waals surface area contributed by atoms with Gasteiger partial charge in [0.2, 0.25) is 5.91 Å². The minimum Gasteiger partial charge on any atom is -0.480 e. The van der Waals surface area contributed by atoms with Crippen LogP contribution in [0.25, 0.3) is 0 Å². The average molecular weight is 350 g/mol. The minimum atomic E-state index is -1.15. The van der Waals surface area contributed by atoms with E-state index in [1.165, 1.54) is 0 Å². The Bertz CT molecular complexity index is 562. The molecule has 0 aliphatic heterocycles. The van der Waals surface area contributed by atoms with Crippen LogP contribution in [0.5, 0.6) is 0 Å². The van der Waals surface area contributed by atoms with Crippen LogP contribution < -0.4 is 10.6 Å². The molecule has 1 aromatic rings. The molecule has 138 valence electrons. The summed E-state index contributed by atoms with van der Waals surface area (Å²) in [6.45, 7) is 2.55. The van der Waals surface area contributed by atoms with Crippen LogP contribution in [0.15, 0.2) is 30.3 Å². The van der Waals surface area contributed by atoms with Crippen molar-refractivity contribution in [1.29, 1.82) is 0 Å². The van der Waals surface area contributed by atoms with E-state index in [4.69, 9.17) is 0 Å². The van der Waals surface area contributed by atoms with E-state index in [1.54, 1.807) is 24.3 Å². The molecule has 1 rings (SSSR count). The molecule has 0 aromatic heterocycles. The summed E-state index contributed by atoms with van der Waals surface area (Å²) >= 11 is 0. The molecule has 0 aliphatic carbocycles. The molecule has 0 bridgehead atoms. The molecular weight excluding hydrogens is 324 g/mol. The van der Waals surface area contributed by atoms with Gasteiger partial charge < -0.3 is 20.8 Å². The van der Waals surface area contributed by atoms with Gasteiger partial charge in [-0.2, -0.15) is 0 Å². The fourth-order valence-corrected chi connectivity index (χ4v) is 2.39. The van der Waals surface area contributed by atoms with E-state index in [0.717, 1.165) is 24.8 Å². The van der Waals surface area contributed by atoms with E-state index >= 15 is 0 Å². The summed E-state index contributed by atoms with van der Waals surface area (Å²) in [4.78, 5) is 34.7. The van der Waals surface area contributed by atoms with Crippen molar-refractivity contribution in [2.75, 3.05) is 6.54 Å². The summed E-state index contributed by atoms with van der Waals surface area (Å²) in [5.74, 6) is -2.87. The molecule has 1 amide bonds. The second-order valence-corrected chi connectivity index (χ2v) is 5.90. The molecule has 0 aliphatic rings. The van der Waals surface area contributed by atoms with Crippen LogP contribution in [0, 0.1) is 0 Å². The Morgan fingerprint density at radius 3 is 2.20 bits per heavy atom. The molecule has 1 aromatic carbocycles. The number of carboxylic acid groups (broad SMARTS) is 2. The van der Waals surface area contributed by atoms with Crippen LogP contribution in [-0.4, -0.2) is 46.7 Å². The third kappa shape index (κ3) is 8.30. The quantitative estimate of drug-likeness (QED) is 0.424. The first-order chi connectivity index (χ1) is 11.9. The molecule has 0 saturated carbocycles. The summed E-state index contributed by atoms with van der Waals surface area (Å²) < 4.78 is 0. The van der Waals surface area contributed by atoms with E-state index in [-0.39, 0.29) is 12.8 Å². The molecule has 0 fully saturated rings. The van der Waals surface area contributed by atoms with Crippen molar-refractivity contribution in [3.8, 4) is 0 Å². The highest BCUT2D eigenvalue weighted by Crippen LogP contribution is 2.04. The number of amides is 1. The third-order valence-electron chi connectivity index (χ3n) is 3.77. The van der Waals surface area contributed by atoms with E-state index in [2.05, 4.69) is 10.6 Å². The van der Waals surface area contributed by atoms with Gasteiger partial charge in [0.05, 0.1) is 6.42 Å². The van der Waals surface area contributed by atoms with Crippen LogP contribution in [0.2, 0.25) is 0 Å². The van der Waals surface area contributed by atoms with Gasteiger partial charge in [0.1, 0.15) is 12.1 Å². The number of carbonyl (C=O) groups is 3. The molecule has 2 atom stereocenters. The zero-order chi connectivity index (χ0) is 18.7. The molecule has 0 spiro atoms. The number of carbonyl (C=O) groups excluding carboxylic acids is 1. The first-order valence-electron chi connectivity index (χ1n) is 8.46. The summed E-state index contributed by atoms with van der Waals surface area (Å²) in [5.41, 5.74) is 0.780. The first-order valence-corrected chi connectivity index (χ1v) is 8.46. The van der Waals surface area contributed by atoms with Crippen molar-refractivity contribution in [1.82, 2.24) is 10.6 Å². The van der Waals surface area contributed by atoms with Gasteiger partial charge in [-0.25, -0.2) is 4.79 Å². The second-order valence-electron chi connectivity index (χ2n) is 5.90. The largest absolute Gasteiger partial charge is 0.480 e. The second kappa shape index (κ2) is 11.2. The number of hydrogen-bond acceptors (Lipinski definition) is 4. The zero-order valence-corrected chi connectivity index (χ0v) is 14.4. The molecule has 0 radical (unpaired) electrons. The van der Waals surface area contributed by atoms with Crippen molar-refractivity contribution in [3.05, 3.63) is 35.9 Å². The van der Waals surface area contributed by atoms with E-state index in [9.17, 15) is 24.6 Å². The number of benzene rings is 1. The van der Waals surface area contributed by atoms with Crippen molar-refractivity contribution in [2.45, 2.75) is 51.1 Å². The van der Waals surface area contributed by atoms with Crippen LogP contribution in [-0.2, 0) is 20.8 Å². The fourth-order valence-electron chi connectivity index (χ4n) is 2.39. The number of unbranched alkanes of at least 4 members (excludes halogenated alkanes) is 2. The van der Waals surface area contributed by atoms with Gasteiger partial charge in [0.15, 0.2) is 0 Å². The molecular formula is C18H26N2O5. The predicted octanol–water partition coefficient (Wildman–Crippen LogP) is 1.42. The Balaban J connectivity index is 2.56. The van der Waals surface area contributed by atoms with E-state index in [0.29, 0.717) is 6.54 Å². The smallest absolute Gasteiger partial charge is 0.326 e. The lowest BCUT2D eigenvalue weighted by molar-refractivity contribution is -0.143. The number of carboxylic acids is 2. The maximum atomic E-state index is 12.1. The van der Waals surface area contributed by atoms with Crippen LogP contribution in [0.1, 0.15) is 38.2 Å². The lowest BCUT2D eigenvalue weighted by Gasteiger charge is -2.18. The number of rotatable bonds is 12. The Kier molecular flexibility index (Phi) is 9.24. The number of hydrogen-bond donors (Lipinski definition) is 4. The summed E-state index contributed by atoms with van der Waals surface area (Å²) in [6, 6.07) is 6.83. The lowest BCUT2D eigenvalue weighted by Crippen LogP contribution is -2.46. The van der Waals surface area contributed by atoms with Gasteiger partial charge in [0, 0.05) is 6.42 Å². The molecule has 0 heterocycles. The fraction of sp³-hybridized carbons (Fsp3) is 0.500. The van der Waals surface area contributed by atoms with Crippen LogP contribution >= 0.6 is 0 Å². The van der Waals surface area contributed by atoms with E-state index in [1.807, 2.05) is 13.0 Å². The monoisotopic (exact) mass is 350 g/mol. The van der Waals surface area contributed by atoms with Crippen LogP contribution in [0.4, 0.5) is 0 Å². The molecule has 7 nitrogen and oxygen atoms in total. The molecule has 4 N–H and O–H groups in total. The number of aliphatic carboxylic acids is 2. The van der Waals surface area contributed by atoms with Crippen molar-refractivity contribution < 1.29 is 24.6 Å². The lowest BCUT2D eigenvalue weighted by atomic mass is 10.1. The zero-order valence-electron chi connectivity index (χ0n) is 14.4. The summed E-state index contributed by atoms with van der Waals surface area (Å²) in [6.07, 6.45) is 2.65. The Labute approximate surface area is 147 Å². The molecule has 0 saturated heterocycles. The maximum Gasteiger partial charge on any atom is 0.326 e. The highest BCUT2D eigenvalue weighted by Gasteiger charge is 2.25. The summed E-state index contributed by atoms with van der Waals surface area (Å²) in [7, 11) is 0. The standard InChI is InChI=1S/C18H26N2O5/c1-2-3-7-10-19-14(17(22)23)12-16(21)20-15(18(24)25)11-13-8-5-4-6-9-13/h4-6,8-9,14-15,19H,2-3,7,10-12H2,1H3,(H,20,21)(H,22,23)(H,24,25)/t14-,15-/m0/s1. The van der Waals surface area contributed by atoms with Gasteiger partial charge in [-0.1, -0.05) is 50.1 Å². The van der Waals surface area contributed by atoms with Crippen molar-refractivity contribution >= 4 is 17.8 Å². The maximum absolute atomic E-state index is 12.1. The van der Waals surface area contributed by atoms with E-state index < -0.39 is 29.9 Å². The molecule has 7 heteroatoms. The average Bonchev–Trinajstić information content (AvgIpc) is 2.57. The SMILES string of the molecule is CCCCCN[C@@H](CC(=O)N[C@@H](Cc1ccccc1)C(=O)O)C(=O)O. The molecule has 25 heavy (non-hydrogen) atoms. The van der Waals surface area contributed by atoms with Gasteiger partial charge in [-0.15, -0.1) is 0 Å². The first kappa shape index (κ1) is 20.6. The predicted molar refractivity (Wildman–Crippen MR) is 93.3 cm³/mol. The van der Waals surface area contributed by atoms with Gasteiger partial charge in [-0.05, 0) is 18.5 Å². The van der Waals surface area contributed by atoms with Gasteiger partial charge in [-0.3, -0.25) is 9.59 Å².